The van der Waals surface area contributed by atoms with E-state index in [0.29, 0.717) is 12.1 Å². The van der Waals surface area contributed by atoms with Crippen LogP contribution in [0.4, 0.5) is 0 Å². The van der Waals surface area contributed by atoms with E-state index in [1.54, 1.807) is 18.2 Å². The summed E-state index contributed by atoms with van der Waals surface area (Å²) in [6, 6.07) is 6.99. The van der Waals surface area contributed by atoms with Crippen LogP contribution < -0.4 is 11.1 Å². The molecule has 1 aromatic rings. The molecule has 0 radical (unpaired) electrons. The van der Waals surface area contributed by atoms with Gasteiger partial charge in [-0.05, 0) is 18.9 Å². The number of nitrogens with one attached hydrogen (secondary N) is 1. The summed E-state index contributed by atoms with van der Waals surface area (Å²) in [5, 5.41) is 12.4. The fourth-order valence-electron chi connectivity index (χ4n) is 2.42. The van der Waals surface area contributed by atoms with Crippen LogP contribution in [0.2, 0.25) is 0 Å². The molecule has 1 fully saturated rings. The maximum absolute atomic E-state index is 12.1. The van der Waals surface area contributed by atoms with Crippen LogP contribution in [0, 0.1) is 0 Å². The summed E-state index contributed by atoms with van der Waals surface area (Å²) in [5.74, 6) is 0.0953. The summed E-state index contributed by atoms with van der Waals surface area (Å²) in [6.07, 6.45) is 4.69. The van der Waals surface area contributed by atoms with E-state index in [-0.39, 0.29) is 11.7 Å². The van der Waals surface area contributed by atoms with Crippen molar-refractivity contribution < 1.29 is 9.90 Å². The first kappa shape index (κ1) is 12.9. The Morgan fingerprint density at radius 1 is 1.28 bits per heavy atom. The normalized spacial score (nSPS) is 18.3. The standard InChI is InChI=1S/C14H20N2O2/c15-14(8-4-1-5-9-14)13(18)16-10-11-6-2-3-7-12(11)17/h2-3,6-7,17H,1,4-5,8-10,15H2,(H,16,18). The SMILES string of the molecule is NC1(C(=O)NCc2ccccc2O)CCCCC1. The van der Waals surface area contributed by atoms with Crippen LogP contribution in [0.3, 0.4) is 0 Å². The first-order chi connectivity index (χ1) is 8.62. The summed E-state index contributed by atoms with van der Waals surface area (Å²) >= 11 is 0. The van der Waals surface area contributed by atoms with Crippen LogP contribution in [0.25, 0.3) is 0 Å². The van der Waals surface area contributed by atoms with Crippen molar-refractivity contribution >= 4 is 5.91 Å². The largest absolute Gasteiger partial charge is 0.508 e. The highest BCUT2D eigenvalue weighted by Crippen LogP contribution is 2.26. The number of nitrogens with two attached hydrogens (primary N) is 1. The highest BCUT2D eigenvalue weighted by Gasteiger charge is 2.34. The molecule has 0 aliphatic heterocycles. The molecule has 1 aliphatic carbocycles. The van der Waals surface area contributed by atoms with E-state index in [2.05, 4.69) is 5.32 Å². The molecule has 18 heavy (non-hydrogen) atoms. The molecule has 0 saturated heterocycles. The Morgan fingerprint density at radius 3 is 2.61 bits per heavy atom. The van der Waals surface area contributed by atoms with E-state index in [1.165, 1.54) is 0 Å². The van der Waals surface area contributed by atoms with Crippen molar-refractivity contribution in [3.05, 3.63) is 29.8 Å². The van der Waals surface area contributed by atoms with Crippen LogP contribution in [0.5, 0.6) is 5.75 Å². The van der Waals surface area contributed by atoms with Crippen LogP contribution in [-0.4, -0.2) is 16.6 Å². The molecule has 0 unspecified atom stereocenters. The van der Waals surface area contributed by atoms with Gasteiger partial charge in [-0.15, -0.1) is 0 Å². The number of phenols is 1. The van der Waals surface area contributed by atoms with Crippen LogP contribution in [0.1, 0.15) is 37.7 Å². The van der Waals surface area contributed by atoms with E-state index in [4.69, 9.17) is 5.73 Å². The van der Waals surface area contributed by atoms with E-state index < -0.39 is 5.54 Å². The van der Waals surface area contributed by atoms with Crippen molar-refractivity contribution in [1.29, 1.82) is 0 Å². The molecule has 98 valence electrons. The summed E-state index contributed by atoms with van der Waals surface area (Å²) in [5.41, 5.74) is 6.12. The van der Waals surface area contributed by atoms with Crippen LogP contribution in [-0.2, 0) is 11.3 Å². The molecule has 0 heterocycles. The van der Waals surface area contributed by atoms with Gasteiger partial charge in [0.2, 0.25) is 5.91 Å². The zero-order chi connectivity index (χ0) is 13.0. The molecule has 1 aromatic carbocycles. The number of para-hydroxylation sites is 1. The van der Waals surface area contributed by atoms with Gasteiger partial charge in [0, 0.05) is 12.1 Å². The van der Waals surface area contributed by atoms with Gasteiger partial charge in [-0.2, -0.15) is 0 Å². The maximum Gasteiger partial charge on any atom is 0.240 e. The van der Waals surface area contributed by atoms with Crippen LogP contribution >= 0.6 is 0 Å². The van der Waals surface area contributed by atoms with Gasteiger partial charge in [0.05, 0.1) is 5.54 Å². The Bertz CT molecular complexity index is 426. The molecule has 0 atom stereocenters. The number of amides is 1. The topological polar surface area (TPSA) is 75.4 Å². The van der Waals surface area contributed by atoms with E-state index in [1.807, 2.05) is 6.07 Å². The molecule has 0 bridgehead atoms. The predicted molar refractivity (Wildman–Crippen MR) is 70.0 cm³/mol. The number of rotatable bonds is 3. The molecule has 0 spiro atoms. The van der Waals surface area contributed by atoms with Crippen molar-refractivity contribution in [2.75, 3.05) is 0 Å². The average molecular weight is 248 g/mol. The molecule has 0 aromatic heterocycles. The lowest BCUT2D eigenvalue weighted by Crippen LogP contribution is -2.54. The highest BCUT2D eigenvalue weighted by molar-refractivity contribution is 5.86. The highest BCUT2D eigenvalue weighted by atomic mass is 16.3. The Labute approximate surface area is 107 Å². The van der Waals surface area contributed by atoms with Crippen molar-refractivity contribution in [3.63, 3.8) is 0 Å². The fourth-order valence-corrected chi connectivity index (χ4v) is 2.42. The van der Waals surface area contributed by atoms with Gasteiger partial charge in [0.15, 0.2) is 0 Å². The lowest BCUT2D eigenvalue weighted by molar-refractivity contribution is -0.127. The van der Waals surface area contributed by atoms with E-state index in [0.717, 1.165) is 32.1 Å². The second-order valence-corrected chi connectivity index (χ2v) is 5.03. The summed E-state index contributed by atoms with van der Waals surface area (Å²) in [6.45, 7) is 0.324. The summed E-state index contributed by atoms with van der Waals surface area (Å²) < 4.78 is 0. The Balaban J connectivity index is 1.94. The first-order valence-corrected chi connectivity index (χ1v) is 6.46. The number of benzene rings is 1. The van der Waals surface area contributed by atoms with E-state index in [9.17, 15) is 9.90 Å². The van der Waals surface area contributed by atoms with Crippen molar-refractivity contribution in [1.82, 2.24) is 5.32 Å². The Kier molecular flexibility index (Phi) is 3.87. The molecular weight excluding hydrogens is 228 g/mol. The number of hydrogen-bond donors (Lipinski definition) is 3. The third kappa shape index (κ3) is 2.82. The van der Waals surface area contributed by atoms with Crippen molar-refractivity contribution in [3.8, 4) is 5.75 Å². The zero-order valence-corrected chi connectivity index (χ0v) is 10.5. The maximum atomic E-state index is 12.1. The molecule has 1 saturated carbocycles. The zero-order valence-electron chi connectivity index (χ0n) is 10.5. The molecular formula is C14H20N2O2. The lowest BCUT2D eigenvalue weighted by Gasteiger charge is -2.31. The third-order valence-corrected chi connectivity index (χ3v) is 3.63. The van der Waals surface area contributed by atoms with Gasteiger partial charge in [0.25, 0.3) is 0 Å². The van der Waals surface area contributed by atoms with E-state index >= 15 is 0 Å². The van der Waals surface area contributed by atoms with Crippen molar-refractivity contribution in [2.24, 2.45) is 5.73 Å². The van der Waals surface area contributed by atoms with Gasteiger partial charge in [-0.3, -0.25) is 4.79 Å². The third-order valence-electron chi connectivity index (χ3n) is 3.63. The average Bonchev–Trinajstić information content (AvgIpc) is 2.38. The number of carbonyl (C=O) groups is 1. The molecule has 1 aliphatic rings. The van der Waals surface area contributed by atoms with Gasteiger partial charge in [-0.1, -0.05) is 37.5 Å². The quantitative estimate of drug-likeness (QED) is 0.761. The number of aromatic hydroxyl groups is 1. The van der Waals surface area contributed by atoms with Gasteiger partial charge >= 0.3 is 0 Å². The Morgan fingerprint density at radius 2 is 1.94 bits per heavy atom. The number of phenolic OH excluding ortho intramolecular Hbond substituents is 1. The Hall–Kier alpha value is -1.55. The minimum atomic E-state index is -0.720. The van der Waals surface area contributed by atoms with Gasteiger partial charge in [-0.25, -0.2) is 0 Å². The summed E-state index contributed by atoms with van der Waals surface area (Å²) in [7, 11) is 0. The lowest BCUT2D eigenvalue weighted by atomic mass is 9.82. The van der Waals surface area contributed by atoms with Crippen molar-refractivity contribution in [2.45, 2.75) is 44.2 Å². The predicted octanol–water partition coefficient (Wildman–Crippen LogP) is 1.67. The first-order valence-electron chi connectivity index (χ1n) is 6.46. The summed E-state index contributed by atoms with van der Waals surface area (Å²) in [4.78, 5) is 12.1. The second-order valence-electron chi connectivity index (χ2n) is 5.03. The number of hydrogen-bond acceptors (Lipinski definition) is 3. The molecule has 4 nitrogen and oxygen atoms in total. The van der Waals surface area contributed by atoms with Gasteiger partial charge < -0.3 is 16.2 Å². The second kappa shape index (κ2) is 5.40. The minimum absolute atomic E-state index is 0.106. The minimum Gasteiger partial charge on any atom is -0.508 e. The number of carbonyl (C=O) groups excluding carboxylic acids is 1. The molecule has 4 heteroatoms. The van der Waals surface area contributed by atoms with Crippen LogP contribution in [0.15, 0.2) is 24.3 Å². The molecule has 2 rings (SSSR count). The molecule has 1 amide bonds. The fraction of sp³-hybridized carbons (Fsp3) is 0.500. The molecule has 4 N–H and O–H groups in total. The monoisotopic (exact) mass is 248 g/mol. The van der Waals surface area contributed by atoms with Gasteiger partial charge in [0.1, 0.15) is 5.75 Å². The smallest absolute Gasteiger partial charge is 0.240 e.